The number of carbonyl (C=O) groups is 2. The SMILES string of the molecule is CCOC(=O)C(=O)CCN1CCCC1. The Morgan fingerprint density at radius 2 is 1.93 bits per heavy atom. The Bertz CT molecular complexity index is 209. The van der Waals surface area contributed by atoms with Crippen LogP contribution in [0.4, 0.5) is 0 Å². The largest absolute Gasteiger partial charge is 0.460 e. The lowest BCUT2D eigenvalue weighted by Gasteiger charge is -2.12. The first-order valence-corrected chi connectivity index (χ1v) is 5.16. The summed E-state index contributed by atoms with van der Waals surface area (Å²) in [6.07, 6.45) is 2.69. The maximum absolute atomic E-state index is 11.2. The van der Waals surface area contributed by atoms with E-state index in [9.17, 15) is 9.59 Å². The van der Waals surface area contributed by atoms with Gasteiger partial charge in [0.05, 0.1) is 6.61 Å². The Hall–Kier alpha value is -0.900. The minimum absolute atomic E-state index is 0.272. The number of esters is 1. The molecule has 0 bridgehead atoms. The third-order valence-electron chi connectivity index (χ3n) is 2.36. The fourth-order valence-electron chi connectivity index (χ4n) is 1.58. The second-order valence-corrected chi connectivity index (χ2v) is 3.44. The van der Waals surface area contributed by atoms with Crippen LogP contribution in [0, 0.1) is 0 Å². The molecule has 1 aliphatic heterocycles. The van der Waals surface area contributed by atoms with Gasteiger partial charge >= 0.3 is 5.97 Å². The summed E-state index contributed by atoms with van der Waals surface area (Å²) in [5.41, 5.74) is 0. The van der Waals surface area contributed by atoms with Gasteiger partial charge in [-0.3, -0.25) is 4.79 Å². The van der Waals surface area contributed by atoms with Gasteiger partial charge in [0.25, 0.3) is 0 Å². The van der Waals surface area contributed by atoms with Crippen LogP contribution in [0.15, 0.2) is 0 Å². The van der Waals surface area contributed by atoms with E-state index in [0.29, 0.717) is 13.0 Å². The number of nitrogens with zero attached hydrogens (tertiary/aromatic N) is 1. The number of Topliss-reactive ketones (excluding diaryl/α,β-unsaturated/α-hetero) is 1. The zero-order valence-corrected chi connectivity index (χ0v) is 8.62. The summed E-state index contributed by atoms with van der Waals surface area (Å²) >= 11 is 0. The fraction of sp³-hybridized carbons (Fsp3) is 0.800. The average molecular weight is 199 g/mol. The van der Waals surface area contributed by atoms with Crippen molar-refractivity contribution < 1.29 is 14.3 Å². The second kappa shape index (κ2) is 5.75. The maximum Gasteiger partial charge on any atom is 0.374 e. The van der Waals surface area contributed by atoms with E-state index >= 15 is 0 Å². The lowest BCUT2D eigenvalue weighted by atomic mass is 10.3. The molecule has 1 aliphatic rings. The van der Waals surface area contributed by atoms with E-state index in [1.54, 1.807) is 6.92 Å². The van der Waals surface area contributed by atoms with Crippen LogP contribution in [-0.2, 0) is 14.3 Å². The average Bonchev–Trinajstić information content (AvgIpc) is 2.67. The van der Waals surface area contributed by atoms with Crippen LogP contribution in [0.25, 0.3) is 0 Å². The fourth-order valence-corrected chi connectivity index (χ4v) is 1.58. The molecule has 0 spiro atoms. The van der Waals surface area contributed by atoms with E-state index in [4.69, 9.17) is 0 Å². The van der Waals surface area contributed by atoms with Crippen molar-refractivity contribution in [1.82, 2.24) is 4.90 Å². The number of ether oxygens (including phenoxy) is 1. The third-order valence-corrected chi connectivity index (χ3v) is 2.36. The summed E-state index contributed by atoms with van der Waals surface area (Å²) in [7, 11) is 0. The monoisotopic (exact) mass is 199 g/mol. The molecular weight excluding hydrogens is 182 g/mol. The Kier molecular flexibility index (Phi) is 4.59. The normalized spacial score (nSPS) is 16.9. The van der Waals surface area contributed by atoms with Gasteiger partial charge in [0.2, 0.25) is 5.78 Å². The molecule has 0 radical (unpaired) electrons. The van der Waals surface area contributed by atoms with Crippen molar-refractivity contribution in [2.24, 2.45) is 0 Å². The van der Waals surface area contributed by atoms with Crippen LogP contribution in [0.2, 0.25) is 0 Å². The van der Waals surface area contributed by atoms with E-state index in [-0.39, 0.29) is 6.61 Å². The molecule has 1 rings (SSSR count). The highest BCUT2D eigenvalue weighted by Gasteiger charge is 2.17. The molecule has 0 saturated carbocycles. The second-order valence-electron chi connectivity index (χ2n) is 3.44. The lowest BCUT2D eigenvalue weighted by Crippen LogP contribution is -2.26. The molecular formula is C10H17NO3. The lowest BCUT2D eigenvalue weighted by molar-refractivity contribution is -0.153. The minimum Gasteiger partial charge on any atom is -0.460 e. The molecule has 0 aromatic rings. The van der Waals surface area contributed by atoms with Crippen LogP contribution < -0.4 is 0 Å². The Labute approximate surface area is 84.2 Å². The molecule has 0 aromatic carbocycles. The Morgan fingerprint density at radius 1 is 1.29 bits per heavy atom. The van der Waals surface area contributed by atoms with Crippen molar-refractivity contribution in [3.63, 3.8) is 0 Å². The number of hydrogen-bond acceptors (Lipinski definition) is 4. The molecule has 0 N–H and O–H groups in total. The van der Waals surface area contributed by atoms with Gasteiger partial charge in [-0.2, -0.15) is 0 Å². The molecule has 0 aromatic heterocycles. The Morgan fingerprint density at radius 3 is 2.50 bits per heavy atom. The van der Waals surface area contributed by atoms with Crippen molar-refractivity contribution in [2.45, 2.75) is 26.2 Å². The first-order chi connectivity index (χ1) is 6.74. The van der Waals surface area contributed by atoms with Crippen LogP contribution in [0.3, 0.4) is 0 Å². The summed E-state index contributed by atoms with van der Waals surface area (Å²) < 4.78 is 4.61. The minimum atomic E-state index is -0.688. The van der Waals surface area contributed by atoms with Crippen molar-refractivity contribution in [2.75, 3.05) is 26.2 Å². The zero-order chi connectivity index (χ0) is 10.4. The van der Waals surface area contributed by atoms with Gasteiger partial charge in [-0.25, -0.2) is 4.79 Å². The van der Waals surface area contributed by atoms with Gasteiger partial charge in [0, 0.05) is 13.0 Å². The zero-order valence-electron chi connectivity index (χ0n) is 8.62. The summed E-state index contributed by atoms with van der Waals surface area (Å²) in [6.45, 7) is 4.77. The molecule has 4 nitrogen and oxygen atoms in total. The van der Waals surface area contributed by atoms with Gasteiger partial charge < -0.3 is 9.64 Å². The van der Waals surface area contributed by atoms with Crippen molar-refractivity contribution in [3.8, 4) is 0 Å². The van der Waals surface area contributed by atoms with Gasteiger partial charge in [0.15, 0.2) is 0 Å². The highest BCUT2D eigenvalue weighted by Crippen LogP contribution is 2.07. The maximum atomic E-state index is 11.2. The van der Waals surface area contributed by atoms with E-state index in [1.807, 2.05) is 0 Å². The van der Waals surface area contributed by atoms with Gasteiger partial charge in [-0.15, -0.1) is 0 Å². The molecule has 4 heteroatoms. The van der Waals surface area contributed by atoms with Crippen LogP contribution in [0.1, 0.15) is 26.2 Å². The highest BCUT2D eigenvalue weighted by molar-refractivity contribution is 6.33. The smallest absolute Gasteiger partial charge is 0.374 e. The number of hydrogen-bond donors (Lipinski definition) is 0. The molecule has 1 fully saturated rings. The molecule has 0 atom stereocenters. The molecule has 1 saturated heterocycles. The molecule has 0 unspecified atom stereocenters. The Balaban J connectivity index is 2.16. The predicted octanol–water partition coefficient (Wildman–Crippen LogP) is 0.605. The highest BCUT2D eigenvalue weighted by atomic mass is 16.5. The van der Waals surface area contributed by atoms with Crippen LogP contribution >= 0.6 is 0 Å². The molecule has 1 heterocycles. The van der Waals surface area contributed by atoms with Crippen molar-refractivity contribution >= 4 is 11.8 Å². The van der Waals surface area contributed by atoms with Gasteiger partial charge in [-0.05, 0) is 32.9 Å². The van der Waals surface area contributed by atoms with Gasteiger partial charge in [0.1, 0.15) is 0 Å². The molecule has 0 aliphatic carbocycles. The summed E-state index contributed by atoms with van der Waals surface area (Å²) in [6, 6.07) is 0. The number of likely N-dealkylation sites (tertiary alicyclic amines) is 1. The molecule has 0 amide bonds. The molecule has 80 valence electrons. The number of carbonyl (C=O) groups excluding carboxylic acids is 2. The summed E-state index contributed by atoms with van der Waals surface area (Å²) in [5.74, 6) is -1.09. The van der Waals surface area contributed by atoms with Crippen LogP contribution in [-0.4, -0.2) is 42.9 Å². The topological polar surface area (TPSA) is 46.6 Å². The van der Waals surface area contributed by atoms with E-state index in [1.165, 1.54) is 12.8 Å². The van der Waals surface area contributed by atoms with Crippen molar-refractivity contribution in [1.29, 1.82) is 0 Å². The van der Waals surface area contributed by atoms with Crippen LogP contribution in [0.5, 0.6) is 0 Å². The van der Waals surface area contributed by atoms with E-state index in [0.717, 1.165) is 13.1 Å². The van der Waals surface area contributed by atoms with E-state index < -0.39 is 11.8 Å². The predicted molar refractivity (Wildman–Crippen MR) is 51.9 cm³/mol. The van der Waals surface area contributed by atoms with Crippen molar-refractivity contribution in [3.05, 3.63) is 0 Å². The first kappa shape index (κ1) is 11.2. The van der Waals surface area contributed by atoms with Gasteiger partial charge in [-0.1, -0.05) is 0 Å². The van der Waals surface area contributed by atoms with E-state index in [2.05, 4.69) is 9.64 Å². The standard InChI is InChI=1S/C10H17NO3/c1-2-14-10(13)9(12)5-8-11-6-3-4-7-11/h2-8H2,1H3. The molecule has 14 heavy (non-hydrogen) atoms. The number of rotatable bonds is 5. The number of ketones is 1. The third kappa shape index (κ3) is 3.46. The first-order valence-electron chi connectivity index (χ1n) is 5.16. The summed E-state index contributed by atoms with van der Waals surface area (Å²) in [4.78, 5) is 24.4. The quantitative estimate of drug-likeness (QED) is 0.480. The summed E-state index contributed by atoms with van der Waals surface area (Å²) in [5, 5.41) is 0.